The fourth-order valence-corrected chi connectivity index (χ4v) is 19.0. The first-order valence-electron chi connectivity index (χ1n) is 38.6. The van der Waals surface area contributed by atoms with E-state index in [1.54, 1.807) is 0 Å². The molecular weight excluding hydrogens is 1660 g/mol. The molecule has 0 radical (unpaired) electrons. The van der Waals surface area contributed by atoms with Crippen molar-refractivity contribution in [2.45, 2.75) is 109 Å². The minimum Gasteiger partial charge on any atom is -0.508 e. The summed E-state index contributed by atoms with van der Waals surface area (Å²) in [5.74, 6) is -39.3. The van der Waals surface area contributed by atoms with Crippen molar-refractivity contribution in [2.75, 3.05) is 0 Å². The first kappa shape index (κ1) is 80.1. The maximum absolute atomic E-state index is 14.8. The van der Waals surface area contributed by atoms with Crippen LogP contribution in [0.1, 0.15) is 155 Å². The van der Waals surface area contributed by atoms with E-state index in [1.165, 1.54) is 12.1 Å². The van der Waals surface area contributed by atoms with E-state index in [-0.39, 0.29) is 33.4 Å². The average Bonchev–Trinajstić information content (AvgIpc) is 0.671. The Bertz CT molecular complexity index is 6630. The van der Waals surface area contributed by atoms with Crippen LogP contribution in [0.15, 0.2) is 152 Å². The third-order valence-corrected chi connectivity index (χ3v) is 24.7. The SMILES string of the molecule is Oc1cc(O)c2c(c1)O[C@H](c1ccc(O)c(O)c1)[C@H](O)[C@H]2c1c(O)cc(O)c2c1O[C@H](c1ccc(O)c(O)c1)[C@H](O)[C@H]2c1c(O)cc(O)c2c1O[C@H](c1ccc(O)c(O)c1)[C@H](O)[C@H]2c1c(O)c2c(c3c1O[C@]1(c4ccc(O)c(O)c4)Oc4cc(O)cc(O)c4[C@H]3[C@H]1O)O[C@H](c1ccc(O)c(O)c1)[C@H](O)[C@H]2c1c(O)cc(O)c2c1O[C@H](c1ccc(O)c(O)c1)[C@H](O)C2. The summed E-state index contributed by atoms with van der Waals surface area (Å²) in [5.41, 5.74) is -9.01. The van der Waals surface area contributed by atoms with Gasteiger partial charge in [-0.15, -0.1) is 0 Å². The lowest BCUT2D eigenvalue weighted by molar-refractivity contribution is -0.219. The highest BCUT2D eigenvalue weighted by Gasteiger charge is 2.64. The molecule has 0 spiro atoms. The topological polar surface area (TPSA) is 651 Å². The second-order valence-corrected chi connectivity index (χ2v) is 31.9. The molecular formula is C90H72O36. The van der Waals surface area contributed by atoms with Gasteiger partial charge in [-0.3, -0.25) is 0 Å². The molecule has 0 fully saturated rings. The van der Waals surface area contributed by atoms with Crippen molar-refractivity contribution < 1.29 is 181 Å². The standard InChI is InChI=1S/C90H72O36/c91-33-19-49(106)59-57(21-33)120-80(28-2-8-37(94)44(101)14-28)75(115)66(59)62-52(109)25-53(110)63-67(76(116)81(122-85(62)63)29-3-9-38(95)45(102)15-29)64-54(111)26-55(112)65-69(78(118)82(123-86(64)65)30-4-10-39(96)46(103)16-30)72-74(114)71-68(61-51(108)24-42(99)35-23-56(113)79(121-84(35)61)27-1-7-36(93)43(100)13-27)77(117)83(31-5-11-40(97)47(104)17-31)124-87(71)73-70-60-50(107)20-34(92)22-58(60)125-90(89(70)119,126-88(72)73)32-6-12-41(98)48(105)18-32/h1-22,24-26,56,66-70,75-83,89,91-119H,23H2/t56-,66-,67-,68+,69-,70-,75-,76-,77-,78-,79-,80-,81-,82-,83-,89-,90+/m1/s1. The second-order valence-electron chi connectivity index (χ2n) is 31.9. The summed E-state index contributed by atoms with van der Waals surface area (Å²) in [6, 6.07) is 23.8. The molecule has 0 saturated heterocycles. The van der Waals surface area contributed by atoms with Gasteiger partial charge in [-0.2, -0.15) is 0 Å². The number of hydrogen-bond donors (Lipinski definition) is 29. The normalized spacial score (nSPS) is 25.1. The van der Waals surface area contributed by atoms with Gasteiger partial charge >= 0.3 is 5.79 Å². The maximum Gasteiger partial charge on any atom is 0.305 e. The molecule has 0 amide bonds. The summed E-state index contributed by atoms with van der Waals surface area (Å²) in [6.45, 7) is 0. The molecule has 126 heavy (non-hydrogen) atoms. The quantitative estimate of drug-likeness (QED) is 0.0570. The van der Waals surface area contributed by atoms with Gasteiger partial charge in [0.25, 0.3) is 0 Å². The van der Waals surface area contributed by atoms with E-state index in [0.29, 0.717) is 12.1 Å². The van der Waals surface area contributed by atoms with Gasteiger partial charge in [0.05, 0.1) is 35.7 Å². The van der Waals surface area contributed by atoms with Crippen LogP contribution in [0.3, 0.4) is 0 Å². The fraction of sp³-hybridized carbons (Fsp3) is 0.200. The van der Waals surface area contributed by atoms with Crippen LogP contribution < -0.4 is 33.2 Å². The Kier molecular flexibility index (Phi) is 18.1. The minimum absolute atomic E-state index is 0.0641. The van der Waals surface area contributed by atoms with Gasteiger partial charge in [-0.25, -0.2) is 0 Å². The predicted molar refractivity (Wildman–Crippen MR) is 424 cm³/mol. The first-order chi connectivity index (χ1) is 59.9. The van der Waals surface area contributed by atoms with E-state index in [0.717, 1.165) is 127 Å². The molecule has 0 aromatic heterocycles. The summed E-state index contributed by atoms with van der Waals surface area (Å²) in [5, 5.41) is 352. The summed E-state index contributed by atoms with van der Waals surface area (Å²) in [4.78, 5) is 0. The Morgan fingerprint density at radius 3 is 0.944 bits per heavy atom. The second kappa shape index (κ2) is 28.5. The number of fused-ring (bicyclic) bond motifs is 12. The average molecular weight is 1730 g/mol. The van der Waals surface area contributed by atoms with Crippen LogP contribution >= 0.6 is 0 Å². The van der Waals surface area contributed by atoms with Crippen molar-refractivity contribution in [3.63, 3.8) is 0 Å². The monoisotopic (exact) mass is 1730 g/mol. The number of aliphatic hydroxyl groups is 6. The number of phenolic OH excluding ortho intramolecular Hbond substituents is 23. The van der Waals surface area contributed by atoms with Crippen molar-refractivity contribution in [3.8, 4) is 172 Å². The Hall–Kier alpha value is -15.6. The summed E-state index contributed by atoms with van der Waals surface area (Å²) in [6.07, 6.45) is -24.1. The molecule has 36 heteroatoms. The van der Waals surface area contributed by atoms with Crippen LogP contribution in [0.4, 0.5) is 0 Å². The summed E-state index contributed by atoms with van der Waals surface area (Å²) in [7, 11) is 0. The van der Waals surface area contributed by atoms with E-state index >= 15 is 0 Å². The number of rotatable bonds is 10. The molecule has 2 bridgehead atoms. The van der Waals surface area contributed by atoms with E-state index in [1.807, 2.05) is 0 Å². The van der Waals surface area contributed by atoms with Gasteiger partial charge in [0, 0.05) is 116 Å². The van der Waals surface area contributed by atoms with Crippen molar-refractivity contribution in [2.24, 2.45) is 0 Å². The van der Waals surface area contributed by atoms with Gasteiger partial charge in [0.1, 0.15) is 140 Å². The van der Waals surface area contributed by atoms with E-state index < -0.39 is 343 Å². The van der Waals surface area contributed by atoms with Crippen LogP contribution in [-0.2, 0) is 12.2 Å². The molecule has 12 aromatic carbocycles. The fourth-order valence-electron chi connectivity index (χ4n) is 19.0. The van der Waals surface area contributed by atoms with E-state index in [9.17, 15) is 148 Å². The number of hydrogen-bond acceptors (Lipinski definition) is 36. The zero-order valence-corrected chi connectivity index (χ0v) is 64.2. The van der Waals surface area contributed by atoms with Gasteiger partial charge in [-0.05, 0) is 107 Å². The highest BCUT2D eigenvalue weighted by molar-refractivity contribution is 5.79. The van der Waals surface area contributed by atoms with E-state index in [2.05, 4.69) is 0 Å². The number of aliphatic hydroxyl groups excluding tert-OH is 6. The molecule has 0 aliphatic carbocycles. The molecule has 648 valence electrons. The van der Waals surface area contributed by atoms with Crippen LogP contribution in [-0.4, -0.2) is 185 Å². The first-order valence-corrected chi connectivity index (χ1v) is 38.6. The molecule has 19 rings (SSSR count). The molecule has 36 nitrogen and oxygen atoms in total. The van der Waals surface area contributed by atoms with Crippen molar-refractivity contribution in [3.05, 3.63) is 246 Å². The molecule has 12 aromatic rings. The number of benzene rings is 12. The lowest BCUT2D eigenvalue weighted by Gasteiger charge is -2.52. The zero-order valence-electron chi connectivity index (χ0n) is 64.2. The Morgan fingerprint density at radius 1 is 0.230 bits per heavy atom. The number of phenols is 23. The summed E-state index contributed by atoms with van der Waals surface area (Å²) < 4.78 is 47.6. The van der Waals surface area contributed by atoms with Gasteiger partial charge < -0.3 is 181 Å². The molecule has 7 aliphatic heterocycles. The Morgan fingerprint density at radius 2 is 0.540 bits per heavy atom. The minimum atomic E-state index is -3.03. The molecule has 17 atom stereocenters. The third kappa shape index (κ3) is 11.9. The zero-order chi connectivity index (χ0) is 89.2. The van der Waals surface area contributed by atoms with Gasteiger partial charge in [0.2, 0.25) is 0 Å². The predicted octanol–water partition coefficient (Wildman–Crippen LogP) is 8.59. The highest BCUT2D eigenvalue weighted by atomic mass is 16.7. The maximum atomic E-state index is 14.8. The highest BCUT2D eigenvalue weighted by Crippen LogP contribution is 2.72. The lowest BCUT2D eigenvalue weighted by atomic mass is 9.68. The Balaban J connectivity index is 0.943. The third-order valence-electron chi connectivity index (χ3n) is 24.7. The van der Waals surface area contributed by atoms with Crippen molar-refractivity contribution in [1.29, 1.82) is 0 Å². The molecule has 7 heterocycles. The molecule has 29 N–H and O–H groups in total. The van der Waals surface area contributed by atoms with Crippen LogP contribution in [0.5, 0.6) is 172 Å². The molecule has 7 aliphatic rings. The molecule has 0 saturated carbocycles. The van der Waals surface area contributed by atoms with Crippen LogP contribution in [0, 0.1) is 0 Å². The largest absolute Gasteiger partial charge is 0.508 e. The van der Waals surface area contributed by atoms with E-state index in [4.69, 9.17) is 33.2 Å². The van der Waals surface area contributed by atoms with Crippen LogP contribution in [0.2, 0.25) is 0 Å². The Labute approximate surface area is 705 Å². The summed E-state index contributed by atoms with van der Waals surface area (Å²) >= 11 is 0. The lowest BCUT2D eigenvalue weighted by Crippen LogP contribution is -2.58. The number of ether oxygens (including phenoxy) is 7. The van der Waals surface area contributed by atoms with Crippen LogP contribution in [0.25, 0.3) is 0 Å². The van der Waals surface area contributed by atoms with Crippen molar-refractivity contribution >= 4 is 0 Å². The number of aromatic hydroxyl groups is 23. The van der Waals surface area contributed by atoms with Gasteiger partial charge in [0.15, 0.2) is 93.4 Å². The molecule has 0 unspecified atom stereocenters. The van der Waals surface area contributed by atoms with Gasteiger partial charge in [-0.1, -0.05) is 30.3 Å². The smallest absolute Gasteiger partial charge is 0.305 e. The van der Waals surface area contributed by atoms with Crippen molar-refractivity contribution in [1.82, 2.24) is 0 Å².